The van der Waals surface area contributed by atoms with E-state index in [-0.39, 0.29) is 6.79 Å². The Morgan fingerprint density at radius 2 is 1.84 bits per heavy atom. The number of aromatic nitrogens is 4. The summed E-state index contributed by atoms with van der Waals surface area (Å²) in [5.74, 6) is 2.30. The predicted molar refractivity (Wildman–Crippen MR) is 115 cm³/mol. The summed E-state index contributed by atoms with van der Waals surface area (Å²) in [5.41, 5.74) is 3.83. The molecule has 8 heteroatoms. The smallest absolute Gasteiger partial charge is 0.310 e. The molecular weight excluding hydrogens is 399 g/mol. The van der Waals surface area contributed by atoms with Crippen molar-refractivity contribution in [3.05, 3.63) is 40.9 Å². The van der Waals surface area contributed by atoms with Crippen LogP contribution in [-0.2, 0) is 17.7 Å². The maximum Gasteiger partial charge on any atom is 0.310 e. The number of hydrogen-bond acceptors (Lipinski definition) is 6. The summed E-state index contributed by atoms with van der Waals surface area (Å²) in [6.45, 7) is 8.02. The van der Waals surface area contributed by atoms with Crippen LogP contribution in [0.2, 0.25) is 0 Å². The van der Waals surface area contributed by atoms with Crippen molar-refractivity contribution in [1.29, 1.82) is 0 Å². The first kappa shape index (κ1) is 21.5. The van der Waals surface area contributed by atoms with Crippen LogP contribution in [0.3, 0.4) is 0 Å². The van der Waals surface area contributed by atoms with Crippen molar-refractivity contribution < 1.29 is 18.6 Å². The Balaban J connectivity index is 1.57. The summed E-state index contributed by atoms with van der Waals surface area (Å²) >= 11 is 0. The Labute approximate surface area is 181 Å². The second-order valence-corrected chi connectivity index (χ2v) is 7.91. The predicted octanol–water partition coefficient (Wildman–Crippen LogP) is 4.50. The fraction of sp³-hybridized carbons (Fsp3) is 0.522. The van der Waals surface area contributed by atoms with Gasteiger partial charge in [-0.1, -0.05) is 26.2 Å². The zero-order valence-corrected chi connectivity index (χ0v) is 18.4. The molecule has 0 radical (unpaired) electrons. The fourth-order valence-corrected chi connectivity index (χ4v) is 3.85. The molecule has 7 nitrogen and oxygen atoms in total. The Morgan fingerprint density at radius 1 is 1.03 bits per heavy atom. The van der Waals surface area contributed by atoms with E-state index in [1.165, 1.54) is 19.3 Å². The lowest BCUT2D eigenvalue weighted by Gasteiger charge is -2.11. The molecular formula is C23H29FN4O3. The van der Waals surface area contributed by atoms with E-state index < -0.39 is 6.08 Å². The standard InChI is InChI=1S/C23H29FN4O3/c1-4-5-6-7-9-29-10-8-28-20(26-21-16(3)25-23(24)27-22(21)28)13-17-12-19-18(11-15(17)2)30-14-31-19/h11-12H,4-10,13-14H2,1-3H3. The summed E-state index contributed by atoms with van der Waals surface area (Å²) in [4.78, 5) is 12.7. The molecule has 0 fully saturated rings. The molecule has 0 atom stereocenters. The van der Waals surface area contributed by atoms with E-state index in [1.807, 2.05) is 23.6 Å². The maximum absolute atomic E-state index is 14.0. The van der Waals surface area contributed by atoms with Gasteiger partial charge in [0.2, 0.25) is 6.79 Å². The van der Waals surface area contributed by atoms with Crippen LogP contribution in [0, 0.1) is 19.9 Å². The van der Waals surface area contributed by atoms with Gasteiger partial charge in [-0.3, -0.25) is 0 Å². The normalized spacial score (nSPS) is 12.8. The number of fused-ring (bicyclic) bond motifs is 2. The van der Waals surface area contributed by atoms with Crippen LogP contribution < -0.4 is 9.47 Å². The van der Waals surface area contributed by atoms with Crippen molar-refractivity contribution >= 4 is 11.2 Å². The van der Waals surface area contributed by atoms with Gasteiger partial charge < -0.3 is 18.8 Å². The first-order valence-electron chi connectivity index (χ1n) is 10.9. The minimum absolute atomic E-state index is 0.237. The van der Waals surface area contributed by atoms with Gasteiger partial charge in [-0.05, 0) is 43.5 Å². The number of benzene rings is 1. The lowest BCUT2D eigenvalue weighted by molar-refractivity contribution is 0.122. The van der Waals surface area contributed by atoms with Gasteiger partial charge in [-0.25, -0.2) is 9.97 Å². The van der Waals surface area contributed by atoms with E-state index in [2.05, 4.69) is 16.9 Å². The SMILES string of the molecule is CCCCCCOCCn1c(Cc2cc3c(cc2C)OCO3)nc2c(C)nc(F)nc21. The molecule has 0 spiro atoms. The molecule has 0 unspecified atom stereocenters. The Kier molecular flexibility index (Phi) is 6.65. The van der Waals surface area contributed by atoms with Gasteiger partial charge in [-0.15, -0.1) is 0 Å². The van der Waals surface area contributed by atoms with Gasteiger partial charge in [0.1, 0.15) is 11.3 Å². The highest BCUT2D eigenvalue weighted by atomic mass is 19.1. The molecule has 0 amide bonds. The highest BCUT2D eigenvalue weighted by molar-refractivity contribution is 5.74. The van der Waals surface area contributed by atoms with E-state index in [0.717, 1.165) is 41.5 Å². The Morgan fingerprint density at radius 3 is 2.65 bits per heavy atom. The number of unbranched alkanes of at least 4 members (excludes halogenated alkanes) is 3. The molecule has 1 aromatic carbocycles. The zero-order chi connectivity index (χ0) is 21.8. The molecule has 3 heterocycles. The summed E-state index contributed by atoms with van der Waals surface area (Å²) < 4.78 is 32.7. The number of hydrogen-bond donors (Lipinski definition) is 0. The summed E-state index contributed by atoms with van der Waals surface area (Å²) in [7, 11) is 0. The highest BCUT2D eigenvalue weighted by Crippen LogP contribution is 2.35. The van der Waals surface area contributed by atoms with Crippen LogP contribution in [0.25, 0.3) is 11.2 Å². The number of rotatable bonds is 10. The van der Waals surface area contributed by atoms with Crippen molar-refractivity contribution in [3.63, 3.8) is 0 Å². The quantitative estimate of drug-likeness (QED) is 0.350. The molecule has 2 aromatic heterocycles. The molecule has 3 aromatic rings. The first-order chi connectivity index (χ1) is 15.1. The number of nitrogens with zero attached hydrogens (tertiary/aromatic N) is 4. The van der Waals surface area contributed by atoms with Gasteiger partial charge >= 0.3 is 6.08 Å². The molecule has 0 N–H and O–H groups in total. The lowest BCUT2D eigenvalue weighted by Crippen LogP contribution is -2.12. The lowest BCUT2D eigenvalue weighted by atomic mass is 10.0. The van der Waals surface area contributed by atoms with Gasteiger partial charge in [0.15, 0.2) is 17.1 Å². The van der Waals surface area contributed by atoms with Crippen molar-refractivity contribution in [3.8, 4) is 11.5 Å². The minimum atomic E-state index is -0.738. The Bertz CT molecular complexity index is 1070. The average Bonchev–Trinajstić information content (AvgIpc) is 3.32. The third kappa shape index (κ3) is 4.79. The fourth-order valence-electron chi connectivity index (χ4n) is 3.85. The molecule has 0 bridgehead atoms. The largest absolute Gasteiger partial charge is 0.454 e. The zero-order valence-electron chi connectivity index (χ0n) is 18.4. The van der Waals surface area contributed by atoms with Crippen LogP contribution in [0.4, 0.5) is 4.39 Å². The van der Waals surface area contributed by atoms with Crippen LogP contribution in [0.5, 0.6) is 11.5 Å². The molecule has 166 valence electrons. The van der Waals surface area contributed by atoms with Gasteiger partial charge in [0.25, 0.3) is 0 Å². The second-order valence-electron chi connectivity index (χ2n) is 7.91. The van der Waals surface area contributed by atoms with Crippen LogP contribution in [0.1, 0.15) is 55.3 Å². The number of imidazole rings is 1. The van der Waals surface area contributed by atoms with Gasteiger partial charge in [0, 0.05) is 19.6 Å². The topological polar surface area (TPSA) is 71.3 Å². The highest BCUT2D eigenvalue weighted by Gasteiger charge is 2.20. The summed E-state index contributed by atoms with van der Waals surface area (Å²) in [5, 5.41) is 0. The van der Waals surface area contributed by atoms with E-state index >= 15 is 0 Å². The molecule has 1 aliphatic rings. The third-order valence-corrected chi connectivity index (χ3v) is 5.60. The minimum Gasteiger partial charge on any atom is -0.454 e. The van der Waals surface area contributed by atoms with Crippen LogP contribution in [0.15, 0.2) is 12.1 Å². The van der Waals surface area contributed by atoms with E-state index in [4.69, 9.17) is 19.2 Å². The molecule has 0 aliphatic carbocycles. The number of halogens is 1. The number of ether oxygens (including phenoxy) is 3. The van der Waals surface area contributed by atoms with Crippen molar-refractivity contribution in [2.75, 3.05) is 20.0 Å². The van der Waals surface area contributed by atoms with Crippen molar-refractivity contribution in [2.24, 2.45) is 0 Å². The summed E-state index contributed by atoms with van der Waals surface area (Å²) in [6, 6.07) is 3.97. The Hall–Kier alpha value is -2.74. The van der Waals surface area contributed by atoms with Crippen molar-refractivity contribution in [2.45, 2.75) is 59.4 Å². The second kappa shape index (κ2) is 9.60. The van der Waals surface area contributed by atoms with E-state index in [9.17, 15) is 4.39 Å². The average molecular weight is 429 g/mol. The molecule has 0 saturated heterocycles. The van der Waals surface area contributed by atoms with E-state index in [1.54, 1.807) is 6.92 Å². The van der Waals surface area contributed by atoms with Gasteiger partial charge in [-0.2, -0.15) is 9.37 Å². The maximum atomic E-state index is 14.0. The van der Waals surface area contributed by atoms with E-state index in [0.29, 0.717) is 36.4 Å². The monoisotopic (exact) mass is 428 g/mol. The molecule has 0 saturated carbocycles. The van der Waals surface area contributed by atoms with Gasteiger partial charge in [0.05, 0.1) is 12.3 Å². The molecule has 31 heavy (non-hydrogen) atoms. The molecule has 4 rings (SSSR count). The third-order valence-electron chi connectivity index (χ3n) is 5.60. The van der Waals surface area contributed by atoms with Crippen molar-refractivity contribution in [1.82, 2.24) is 19.5 Å². The molecule has 1 aliphatic heterocycles. The van der Waals surface area contributed by atoms with Crippen LogP contribution in [-0.4, -0.2) is 39.5 Å². The number of aryl methyl sites for hydroxylation is 2. The first-order valence-corrected chi connectivity index (χ1v) is 10.9. The van der Waals surface area contributed by atoms with Crippen LogP contribution >= 0.6 is 0 Å². The summed E-state index contributed by atoms with van der Waals surface area (Å²) in [6.07, 6.45) is 4.49.